The van der Waals surface area contributed by atoms with Crippen LogP contribution in [-0.2, 0) is 0 Å². The van der Waals surface area contributed by atoms with Gasteiger partial charge in [-0.25, -0.2) is 0 Å². The van der Waals surface area contributed by atoms with E-state index in [1.807, 2.05) is 13.1 Å². The number of hydrogen-bond acceptors (Lipinski definition) is 3. The fraction of sp³-hybridized carbons (Fsp3) is 0.353. The van der Waals surface area contributed by atoms with Gasteiger partial charge in [0.15, 0.2) is 0 Å². The first-order chi connectivity index (χ1) is 9.72. The summed E-state index contributed by atoms with van der Waals surface area (Å²) in [6, 6.07) is 8.42. The summed E-state index contributed by atoms with van der Waals surface area (Å²) in [5.74, 6) is 1.41. The first-order valence-electron chi connectivity index (χ1n) is 7.10. The van der Waals surface area contributed by atoms with Crippen LogP contribution in [0.4, 0.5) is 0 Å². The Morgan fingerprint density at radius 1 is 1.18 bits per heavy atom. The van der Waals surface area contributed by atoms with Crippen molar-refractivity contribution in [3.05, 3.63) is 47.3 Å². The quantitative estimate of drug-likeness (QED) is 0.897. The molecular formula is C17H22Cl2N2O. The van der Waals surface area contributed by atoms with E-state index in [1.165, 1.54) is 16.7 Å². The number of nitrogens with zero attached hydrogens (tertiary/aromatic N) is 1. The molecule has 0 unspecified atom stereocenters. The van der Waals surface area contributed by atoms with Crippen LogP contribution in [0.15, 0.2) is 30.5 Å². The van der Waals surface area contributed by atoms with Crippen molar-refractivity contribution in [1.82, 2.24) is 4.98 Å². The molecule has 0 saturated heterocycles. The molecule has 0 radical (unpaired) electrons. The minimum atomic E-state index is 0. The molecule has 1 aromatic carbocycles. The van der Waals surface area contributed by atoms with E-state index >= 15 is 0 Å². The van der Waals surface area contributed by atoms with Gasteiger partial charge in [0, 0.05) is 23.4 Å². The largest absolute Gasteiger partial charge is 0.493 e. The summed E-state index contributed by atoms with van der Waals surface area (Å²) in [7, 11) is 0. The summed E-state index contributed by atoms with van der Waals surface area (Å²) >= 11 is 0. The van der Waals surface area contributed by atoms with Crippen molar-refractivity contribution in [1.29, 1.82) is 0 Å². The Kier molecular flexibility index (Phi) is 6.66. The van der Waals surface area contributed by atoms with Crippen LogP contribution < -0.4 is 10.5 Å². The molecule has 0 saturated carbocycles. The zero-order valence-electron chi connectivity index (χ0n) is 12.8. The fourth-order valence-electron chi connectivity index (χ4n) is 2.89. The molecule has 1 aliphatic heterocycles. The fourth-order valence-corrected chi connectivity index (χ4v) is 2.89. The highest BCUT2D eigenvalue weighted by Crippen LogP contribution is 2.41. The molecular weight excluding hydrogens is 319 g/mol. The number of para-hydroxylation sites is 1. The number of pyridine rings is 1. The Hall–Kier alpha value is -1.29. The molecule has 0 amide bonds. The monoisotopic (exact) mass is 340 g/mol. The van der Waals surface area contributed by atoms with Gasteiger partial charge in [0.05, 0.1) is 6.61 Å². The molecule has 0 fully saturated rings. The second-order valence-corrected chi connectivity index (χ2v) is 5.36. The number of nitrogens with two attached hydrogens (primary N) is 1. The van der Waals surface area contributed by atoms with E-state index in [9.17, 15) is 0 Å². The van der Waals surface area contributed by atoms with Gasteiger partial charge >= 0.3 is 0 Å². The zero-order valence-corrected chi connectivity index (χ0v) is 14.5. The molecule has 1 aliphatic rings. The van der Waals surface area contributed by atoms with Crippen LogP contribution >= 0.6 is 24.8 Å². The summed E-state index contributed by atoms with van der Waals surface area (Å²) in [6.07, 6.45) is 2.86. The van der Waals surface area contributed by atoms with Gasteiger partial charge in [-0.1, -0.05) is 18.2 Å². The number of halogens is 2. The third-order valence-electron chi connectivity index (χ3n) is 4.23. The number of benzene rings is 1. The SMILES string of the molecule is Cc1nccc(-c2cccc3c2OCC[C@H]3CN)c1C.Cl.Cl. The molecule has 2 heterocycles. The van der Waals surface area contributed by atoms with Crippen LogP contribution in [-0.4, -0.2) is 18.1 Å². The lowest BCUT2D eigenvalue weighted by atomic mass is 9.89. The second kappa shape index (κ2) is 7.82. The van der Waals surface area contributed by atoms with Gasteiger partial charge < -0.3 is 10.5 Å². The van der Waals surface area contributed by atoms with E-state index in [0.717, 1.165) is 30.0 Å². The Bertz CT molecular complexity index is 647. The van der Waals surface area contributed by atoms with Crippen molar-refractivity contribution in [2.75, 3.05) is 13.2 Å². The van der Waals surface area contributed by atoms with Crippen molar-refractivity contribution < 1.29 is 4.74 Å². The number of rotatable bonds is 2. The van der Waals surface area contributed by atoms with Crippen molar-refractivity contribution in [3.8, 4) is 16.9 Å². The lowest BCUT2D eigenvalue weighted by Crippen LogP contribution is -2.21. The van der Waals surface area contributed by atoms with Gasteiger partial charge in [-0.2, -0.15) is 0 Å². The Labute approximate surface area is 144 Å². The molecule has 120 valence electrons. The number of fused-ring (bicyclic) bond motifs is 1. The lowest BCUT2D eigenvalue weighted by molar-refractivity contribution is 0.270. The third kappa shape index (κ3) is 3.22. The summed E-state index contributed by atoms with van der Waals surface area (Å²) in [6.45, 7) is 5.57. The molecule has 1 atom stereocenters. The Balaban J connectivity index is 0.00000121. The average Bonchev–Trinajstić information content (AvgIpc) is 2.49. The van der Waals surface area contributed by atoms with Gasteiger partial charge in [0.2, 0.25) is 0 Å². The van der Waals surface area contributed by atoms with Gasteiger partial charge in [-0.15, -0.1) is 24.8 Å². The highest BCUT2D eigenvalue weighted by atomic mass is 35.5. The maximum Gasteiger partial charge on any atom is 0.130 e. The van der Waals surface area contributed by atoms with E-state index in [2.05, 4.69) is 36.2 Å². The number of aromatic nitrogens is 1. The number of aryl methyl sites for hydroxylation is 1. The molecule has 22 heavy (non-hydrogen) atoms. The standard InChI is InChI=1S/C17H20N2O.2ClH/c1-11-12(2)19-8-6-14(11)16-5-3-4-15-13(10-18)7-9-20-17(15)16;;/h3-6,8,13H,7,9-10,18H2,1-2H3;2*1H/t13-;;/m0../s1. The van der Waals surface area contributed by atoms with E-state index in [-0.39, 0.29) is 24.8 Å². The van der Waals surface area contributed by atoms with Crippen LogP contribution in [0, 0.1) is 13.8 Å². The van der Waals surface area contributed by atoms with E-state index in [0.29, 0.717) is 12.5 Å². The summed E-state index contributed by atoms with van der Waals surface area (Å²) < 4.78 is 5.96. The maximum absolute atomic E-state index is 5.96. The Morgan fingerprint density at radius 3 is 2.68 bits per heavy atom. The molecule has 2 N–H and O–H groups in total. The molecule has 5 heteroatoms. The first-order valence-corrected chi connectivity index (χ1v) is 7.10. The molecule has 2 aromatic rings. The summed E-state index contributed by atoms with van der Waals surface area (Å²) in [5.41, 5.74) is 11.8. The van der Waals surface area contributed by atoms with Gasteiger partial charge in [-0.3, -0.25) is 4.98 Å². The number of ether oxygens (including phenoxy) is 1. The van der Waals surface area contributed by atoms with Gasteiger partial charge in [0.1, 0.15) is 5.75 Å². The normalized spacial score (nSPS) is 15.9. The molecule has 0 aliphatic carbocycles. The van der Waals surface area contributed by atoms with E-state index in [4.69, 9.17) is 10.5 Å². The van der Waals surface area contributed by atoms with Crippen LogP contribution in [0.25, 0.3) is 11.1 Å². The highest BCUT2D eigenvalue weighted by Gasteiger charge is 2.23. The molecule has 0 bridgehead atoms. The summed E-state index contributed by atoms with van der Waals surface area (Å²) in [4.78, 5) is 4.35. The molecule has 3 nitrogen and oxygen atoms in total. The molecule has 1 aromatic heterocycles. The highest BCUT2D eigenvalue weighted by molar-refractivity contribution is 5.85. The van der Waals surface area contributed by atoms with Crippen LogP contribution in [0.2, 0.25) is 0 Å². The average molecular weight is 341 g/mol. The van der Waals surface area contributed by atoms with Crippen molar-refractivity contribution >= 4 is 24.8 Å². The van der Waals surface area contributed by atoms with Gasteiger partial charge in [-0.05, 0) is 49.6 Å². The number of hydrogen-bond donors (Lipinski definition) is 1. The van der Waals surface area contributed by atoms with Crippen LogP contribution in [0.1, 0.15) is 29.2 Å². The molecule has 0 spiro atoms. The van der Waals surface area contributed by atoms with Gasteiger partial charge in [0.25, 0.3) is 0 Å². The van der Waals surface area contributed by atoms with Crippen molar-refractivity contribution in [2.24, 2.45) is 5.73 Å². The predicted octanol–water partition coefficient (Wildman–Crippen LogP) is 4.03. The van der Waals surface area contributed by atoms with E-state index in [1.54, 1.807) is 0 Å². The minimum Gasteiger partial charge on any atom is -0.493 e. The lowest BCUT2D eigenvalue weighted by Gasteiger charge is -2.27. The van der Waals surface area contributed by atoms with Crippen LogP contribution in [0.5, 0.6) is 5.75 Å². The smallest absolute Gasteiger partial charge is 0.130 e. The van der Waals surface area contributed by atoms with Crippen LogP contribution in [0.3, 0.4) is 0 Å². The van der Waals surface area contributed by atoms with E-state index < -0.39 is 0 Å². The second-order valence-electron chi connectivity index (χ2n) is 5.36. The topological polar surface area (TPSA) is 48.1 Å². The molecule has 3 rings (SSSR count). The summed E-state index contributed by atoms with van der Waals surface area (Å²) in [5, 5.41) is 0. The zero-order chi connectivity index (χ0) is 14.1. The first kappa shape index (κ1) is 18.8. The van der Waals surface area contributed by atoms with Crippen molar-refractivity contribution in [3.63, 3.8) is 0 Å². The minimum absolute atomic E-state index is 0. The Morgan fingerprint density at radius 2 is 1.95 bits per heavy atom. The van der Waals surface area contributed by atoms with Crippen molar-refractivity contribution in [2.45, 2.75) is 26.2 Å². The maximum atomic E-state index is 5.96. The predicted molar refractivity (Wildman–Crippen MR) is 95.6 cm³/mol. The third-order valence-corrected chi connectivity index (χ3v) is 4.23.